The van der Waals surface area contributed by atoms with Crippen LogP contribution in [-0.4, -0.2) is 10.1 Å². The molecule has 68 valence electrons. The number of halogens is 1. The molecule has 2 aromatic rings. The zero-order valence-electron chi connectivity index (χ0n) is 7.41. The molecular formula is C9H9ClN2O. The quantitative estimate of drug-likeness (QED) is 0.659. The van der Waals surface area contributed by atoms with Crippen LogP contribution in [0, 0.1) is 0 Å². The lowest BCUT2D eigenvalue weighted by molar-refractivity contribution is 0.441. The van der Waals surface area contributed by atoms with Crippen LogP contribution < -0.4 is 0 Å². The van der Waals surface area contributed by atoms with Gasteiger partial charge in [0.2, 0.25) is 0 Å². The Morgan fingerprint density at radius 3 is 2.92 bits per heavy atom. The monoisotopic (exact) mass is 196 g/mol. The van der Waals surface area contributed by atoms with Crippen molar-refractivity contribution < 1.29 is 4.52 Å². The SMILES string of the molecule is CC(C)c1noc2ccnc(Cl)c12. The predicted molar refractivity (Wildman–Crippen MR) is 50.9 cm³/mol. The third-order valence-corrected chi connectivity index (χ3v) is 2.20. The molecule has 2 heterocycles. The first-order chi connectivity index (χ1) is 6.20. The lowest BCUT2D eigenvalue weighted by Crippen LogP contribution is -1.88. The molecule has 0 bridgehead atoms. The van der Waals surface area contributed by atoms with Crippen molar-refractivity contribution in [3.05, 3.63) is 23.1 Å². The molecule has 0 N–H and O–H groups in total. The zero-order valence-corrected chi connectivity index (χ0v) is 8.17. The molecule has 0 atom stereocenters. The normalized spacial score (nSPS) is 11.4. The Kier molecular flexibility index (Phi) is 1.96. The van der Waals surface area contributed by atoms with Gasteiger partial charge in [0.05, 0.1) is 11.1 Å². The van der Waals surface area contributed by atoms with Gasteiger partial charge in [-0.2, -0.15) is 0 Å². The fourth-order valence-electron chi connectivity index (χ4n) is 1.27. The molecule has 0 spiro atoms. The van der Waals surface area contributed by atoms with Crippen molar-refractivity contribution in [2.24, 2.45) is 0 Å². The van der Waals surface area contributed by atoms with Crippen LogP contribution in [0.15, 0.2) is 16.8 Å². The smallest absolute Gasteiger partial charge is 0.171 e. The first-order valence-corrected chi connectivity index (χ1v) is 4.47. The van der Waals surface area contributed by atoms with Gasteiger partial charge >= 0.3 is 0 Å². The Morgan fingerprint density at radius 2 is 2.23 bits per heavy atom. The summed E-state index contributed by atoms with van der Waals surface area (Å²) in [6.45, 7) is 4.08. The summed E-state index contributed by atoms with van der Waals surface area (Å²) in [5.74, 6) is 0.294. The van der Waals surface area contributed by atoms with Gasteiger partial charge in [0, 0.05) is 12.3 Å². The third kappa shape index (κ3) is 1.29. The average Bonchev–Trinajstić information content (AvgIpc) is 2.49. The number of fused-ring (bicyclic) bond motifs is 1. The van der Waals surface area contributed by atoms with Crippen molar-refractivity contribution in [3.8, 4) is 0 Å². The van der Waals surface area contributed by atoms with Crippen molar-refractivity contribution >= 4 is 22.6 Å². The molecule has 4 heteroatoms. The van der Waals surface area contributed by atoms with Crippen LogP contribution in [0.2, 0.25) is 5.15 Å². The molecule has 0 amide bonds. The number of rotatable bonds is 1. The lowest BCUT2D eigenvalue weighted by Gasteiger charge is -1.98. The van der Waals surface area contributed by atoms with E-state index >= 15 is 0 Å². The molecule has 3 nitrogen and oxygen atoms in total. The number of hydrogen-bond donors (Lipinski definition) is 0. The van der Waals surface area contributed by atoms with Gasteiger partial charge in [0.25, 0.3) is 0 Å². The van der Waals surface area contributed by atoms with E-state index in [0.29, 0.717) is 16.7 Å². The fraction of sp³-hybridized carbons (Fsp3) is 0.333. The van der Waals surface area contributed by atoms with Crippen molar-refractivity contribution in [2.45, 2.75) is 19.8 Å². The molecule has 2 rings (SSSR count). The molecule has 2 aromatic heterocycles. The van der Waals surface area contributed by atoms with E-state index in [4.69, 9.17) is 16.1 Å². The number of aromatic nitrogens is 2. The number of hydrogen-bond acceptors (Lipinski definition) is 3. The van der Waals surface area contributed by atoms with Crippen LogP contribution in [0.3, 0.4) is 0 Å². The Morgan fingerprint density at radius 1 is 1.46 bits per heavy atom. The summed E-state index contributed by atoms with van der Waals surface area (Å²) < 4.78 is 5.12. The van der Waals surface area contributed by atoms with E-state index in [1.165, 1.54) is 0 Å². The van der Waals surface area contributed by atoms with E-state index in [1.807, 2.05) is 13.8 Å². The summed E-state index contributed by atoms with van der Waals surface area (Å²) >= 11 is 5.94. The maximum atomic E-state index is 5.94. The van der Waals surface area contributed by atoms with Gasteiger partial charge < -0.3 is 4.52 Å². The van der Waals surface area contributed by atoms with Crippen LogP contribution in [0.25, 0.3) is 11.0 Å². The van der Waals surface area contributed by atoms with Crippen LogP contribution in [-0.2, 0) is 0 Å². The second kappa shape index (κ2) is 3.00. The fourth-order valence-corrected chi connectivity index (χ4v) is 1.51. The van der Waals surface area contributed by atoms with E-state index in [1.54, 1.807) is 12.3 Å². The molecule has 0 unspecified atom stereocenters. The standard InChI is InChI=1S/C9H9ClN2O/c1-5(2)8-7-6(13-12-8)3-4-11-9(7)10/h3-5H,1-2H3. The molecule has 0 aliphatic rings. The predicted octanol–water partition coefficient (Wildman–Crippen LogP) is 3.00. The van der Waals surface area contributed by atoms with Gasteiger partial charge in [-0.1, -0.05) is 30.6 Å². The molecule has 0 aliphatic heterocycles. The molecule has 0 aliphatic carbocycles. The Balaban J connectivity index is 2.79. The summed E-state index contributed by atoms with van der Waals surface area (Å²) in [6, 6.07) is 1.76. The van der Waals surface area contributed by atoms with Crippen molar-refractivity contribution in [1.82, 2.24) is 10.1 Å². The topological polar surface area (TPSA) is 38.9 Å². The van der Waals surface area contributed by atoms with Gasteiger partial charge in [-0.25, -0.2) is 4.98 Å². The van der Waals surface area contributed by atoms with Crippen molar-refractivity contribution in [1.29, 1.82) is 0 Å². The zero-order chi connectivity index (χ0) is 9.42. The van der Waals surface area contributed by atoms with E-state index in [-0.39, 0.29) is 0 Å². The highest BCUT2D eigenvalue weighted by molar-refractivity contribution is 6.34. The molecule has 13 heavy (non-hydrogen) atoms. The summed E-state index contributed by atoms with van der Waals surface area (Å²) in [6.07, 6.45) is 1.61. The molecular weight excluding hydrogens is 188 g/mol. The maximum Gasteiger partial charge on any atom is 0.171 e. The number of nitrogens with zero attached hydrogens (tertiary/aromatic N) is 2. The summed E-state index contributed by atoms with van der Waals surface area (Å²) in [5.41, 5.74) is 1.57. The highest BCUT2D eigenvalue weighted by Gasteiger charge is 2.14. The molecule has 0 aromatic carbocycles. The minimum absolute atomic E-state index is 0.294. The summed E-state index contributed by atoms with van der Waals surface area (Å²) in [5, 5.41) is 5.25. The van der Waals surface area contributed by atoms with Gasteiger partial charge in [0.1, 0.15) is 5.15 Å². The third-order valence-electron chi connectivity index (χ3n) is 1.91. The van der Waals surface area contributed by atoms with Gasteiger partial charge in [-0.3, -0.25) is 0 Å². The van der Waals surface area contributed by atoms with Gasteiger partial charge in [0.15, 0.2) is 5.58 Å². The molecule has 0 saturated carbocycles. The first kappa shape index (κ1) is 8.51. The van der Waals surface area contributed by atoms with E-state index < -0.39 is 0 Å². The first-order valence-electron chi connectivity index (χ1n) is 4.10. The van der Waals surface area contributed by atoms with Crippen molar-refractivity contribution in [3.63, 3.8) is 0 Å². The average molecular weight is 197 g/mol. The Bertz CT molecular complexity index is 436. The van der Waals surface area contributed by atoms with Gasteiger partial charge in [-0.15, -0.1) is 0 Å². The van der Waals surface area contributed by atoms with Gasteiger partial charge in [-0.05, 0) is 5.92 Å². The van der Waals surface area contributed by atoms with Crippen LogP contribution in [0.1, 0.15) is 25.5 Å². The highest BCUT2D eigenvalue weighted by atomic mass is 35.5. The molecule has 0 saturated heterocycles. The minimum atomic E-state index is 0.294. The van der Waals surface area contributed by atoms with Crippen LogP contribution >= 0.6 is 11.6 Å². The highest BCUT2D eigenvalue weighted by Crippen LogP contribution is 2.28. The Labute approximate surface area is 80.7 Å². The minimum Gasteiger partial charge on any atom is -0.356 e. The van der Waals surface area contributed by atoms with Crippen LogP contribution in [0.5, 0.6) is 0 Å². The maximum absolute atomic E-state index is 5.94. The lowest BCUT2D eigenvalue weighted by atomic mass is 10.1. The van der Waals surface area contributed by atoms with Crippen LogP contribution in [0.4, 0.5) is 0 Å². The second-order valence-corrected chi connectivity index (χ2v) is 3.56. The summed E-state index contributed by atoms with van der Waals surface area (Å²) in [4.78, 5) is 3.99. The van der Waals surface area contributed by atoms with Crippen molar-refractivity contribution in [2.75, 3.05) is 0 Å². The summed E-state index contributed by atoms with van der Waals surface area (Å²) in [7, 11) is 0. The Hall–Kier alpha value is -1.09. The second-order valence-electron chi connectivity index (χ2n) is 3.20. The van der Waals surface area contributed by atoms with E-state index in [0.717, 1.165) is 11.1 Å². The molecule has 0 radical (unpaired) electrons. The largest absolute Gasteiger partial charge is 0.356 e. The van der Waals surface area contributed by atoms with E-state index in [2.05, 4.69) is 10.1 Å². The number of pyridine rings is 1. The van der Waals surface area contributed by atoms with E-state index in [9.17, 15) is 0 Å². The molecule has 0 fully saturated rings.